The van der Waals surface area contributed by atoms with Crippen molar-refractivity contribution < 1.29 is 0 Å². The summed E-state index contributed by atoms with van der Waals surface area (Å²) in [4.78, 5) is 17.9. The quantitative estimate of drug-likeness (QED) is 0.562. The van der Waals surface area contributed by atoms with E-state index in [9.17, 15) is 0 Å². The first-order valence-electron chi connectivity index (χ1n) is 6.80. The number of hydrogen-bond acceptors (Lipinski definition) is 4. The van der Waals surface area contributed by atoms with Crippen LogP contribution in [-0.4, -0.2) is 19.9 Å². The standard InChI is InChI=1S/C17H12N4/c1-3-7-14-12(5-1)10-18-16(20-14)9-17-19-11-13-6-2-4-8-15(13)21-17/h1-8,10-11H,9H2. The molecule has 0 N–H and O–H groups in total. The summed E-state index contributed by atoms with van der Waals surface area (Å²) in [5.74, 6) is 1.48. The van der Waals surface area contributed by atoms with Crippen LogP contribution in [0.25, 0.3) is 21.8 Å². The van der Waals surface area contributed by atoms with Crippen molar-refractivity contribution in [3.63, 3.8) is 0 Å². The Morgan fingerprint density at radius 1 is 0.619 bits per heavy atom. The third kappa shape index (κ3) is 2.31. The lowest BCUT2D eigenvalue weighted by Crippen LogP contribution is -2.01. The smallest absolute Gasteiger partial charge is 0.136 e. The van der Waals surface area contributed by atoms with Gasteiger partial charge >= 0.3 is 0 Å². The minimum absolute atomic E-state index is 0.537. The zero-order valence-electron chi connectivity index (χ0n) is 11.3. The molecule has 0 aliphatic heterocycles. The fourth-order valence-electron chi connectivity index (χ4n) is 2.33. The molecule has 4 heteroatoms. The highest BCUT2D eigenvalue weighted by molar-refractivity contribution is 5.78. The summed E-state index contributed by atoms with van der Waals surface area (Å²) in [7, 11) is 0. The Kier molecular flexibility index (Phi) is 2.78. The van der Waals surface area contributed by atoms with Gasteiger partial charge in [0.05, 0.1) is 17.5 Å². The van der Waals surface area contributed by atoms with Crippen LogP contribution >= 0.6 is 0 Å². The first-order chi connectivity index (χ1) is 10.4. The average Bonchev–Trinajstić information content (AvgIpc) is 2.55. The van der Waals surface area contributed by atoms with Crippen molar-refractivity contribution >= 4 is 21.8 Å². The molecule has 2 heterocycles. The molecule has 4 nitrogen and oxygen atoms in total. The monoisotopic (exact) mass is 272 g/mol. The number of fused-ring (bicyclic) bond motifs is 2. The zero-order valence-corrected chi connectivity index (χ0v) is 11.3. The largest absolute Gasteiger partial charge is 0.240 e. The molecule has 0 aliphatic rings. The van der Waals surface area contributed by atoms with Gasteiger partial charge in [0.1, 0.15) is 11.6 Å². The van der Waals surface area contributed by atoms with E-state index in [1.165, 1.54) is 0 Å². The number of benzene rings is 2. The Morgan fingerprint density at radius 2 is 1.10 bits per heavy atom. The van der Waals surface area contributed by atoms with Gasteiger partial charge in [-0.05, 0) is 12.1 Å². The second-order valence-corrected chi connectivity index (χ2v) is 4.87. The van der Waals surface area contributed by atoms with Crippen LogP contribution in [0.2, 0.25) is 0 Å². The van der Waals surface area contributed by atoms with Gasteiger partial charge < -0.3 is 0 Å². The van der Waals surface area contributed by atoms with Crippen LogP contribution in [0.5, 0.6) is 0 Å². The summed E-state index contributed by atoms with van der Waals surface area (Å²) < 4.78 is 0. The summed E-state index contributed by atoms with van der Waals surface area (Å²) in [6.45, 7) is 0. The first-order valence-corrected chi connectivity index (χ1v) is 6.80. The second kappa shape index (κ2) is 4.90. The SMILES string of the molecule is c1ccc2nc(Cc3ncc4ccccc4n3)ncc2c1. The molecule has 100 valence electrons. The normalized spacial score (nSPS) is 11.0. The third-order valence-electron chi connectivity index (χ3n) is 3.39. The number of hydrogen-bond donors (Lipinski definition) is 0. The van der Waals surface area contributed by atoms with Crippen molar-refractivity contribution in [3.05, 3.63) is 72.6 Å². The summed E-state index contributed by atoms with van der Waals surface area (Å²) in [6.07, 6.45) is 4.23. The van der Waals surface area contributed by atoms with Gasteiger partial charge in [-0.15, -0.1) is 0 Å². The molecule has 4 rings (SSSR count). The van der Waals surface area contributed by atoms with Gasteiger partial charge in [0.15, 0.2) is 0 Å². The van der Waals surface area contributed by atoms with Crippen molar-refractivity contribution in [2.75, 3.05) is 0 Å². The van der Waals surface area contributed by atoms with Crippen LogP contribution in [0.15, 0.2) is 60.9 Å². The lowest BCUT2D eigenvalue weighted by atomic mass is 10.2. The Hall–Kier alpha value is -2.88. The summed E-state index contributed by atoms with van der Waals surface area (Å²) in [6, 6.07) is 15.9. The highest BCUT2D eigenvalue weighted by Crippen LogP contribution is 2.13. The van der Waals surface area contributed by atoms with Crippen molar-refractivity contribution in [1.29, 1.82) is 0 Å². The van der Waals surface area contributed by atoms with Crippen LogP contribution in [-0.2, 0) is 6.42 Å². The van der Waals surface area contributed by atoms with Gasteiger partial charge in [-0.2, -0.15) is 0 Å². The third-order valence-corrected chi connectivity index (χ3v) is 3.39. The average molecular weight is 272 g/mol. The van der Waals surface area contributed by atoms with Crippen LogP contribution in [0.3, 0.4) is 0 Å². The van der Waals surface area contributed by atoms with Gasteiger partial charge in [0.25, 0.3) is 0 Å². The lowest BCUT2D eigenvalue weighted by molar-refractivity contribution is 0.912. The number of nitrogens with zero attached hydrogens (tertiary/aromatic N) is 4. The molecular formula is C17H12N4. The molecule has 0 unspecified atom stereocenters. The van der Waals surface area contributed by atoms with E-state index >= 15 is 0 Å². The van der Waals surface area contributed by atoms with E-state index in [0.717, 1.165) is 33.5 Å². The summed E-state index contributed by atoms with van der Waals surface area (Å²) in [5, 5.41) is 2.08. The highest BCUT2D eigenvalue weighted by atomic mass is 14.9. The van der Waals surface area contributed by atoms with Gasteiger partial charge in [0.2, 0.25) is 0 Å². The molecule has 21 heavy (non-hydrogen) atoms. The minimum atomic E-state index is 0.537. The van der Waals surface area contributed by atoms with E-state index in [4.69, 9.17) is 0 Å². The topological polar surface area (TPSA) is 51.6 Å². The van der Waals surface area contributed by atoms with Gasteiger partial charge in [-0.3, -0.25) is 0 Å². The Morgan fingerprint density at radius 3 is 1.62 bits per heavy atom. The van der Waals surface area contributed by atoms with Gasteiger partial charge in [-0.25, -0.2) is 19.9 Å². The van der Waals surface area contributed by atoms with Crippen molar-refractivity contribution in [2.24, 2.45) is 0 Å². The van der Waals surface area contributed by atoms with E-state index < -0.39 is 0 Å². The van der Waals surface area contributed by atoms with Crippen LogP contribution in [0.1, 0.15) is 11.6 Å². The van der Waals surface area contributed by atoms with Crippen molar-refractivity contribution in [3.8, 4) is 0 Å². The van der Waals surface area contributed by atoms with Crippen molar-refractivity contribution in [1.82, 2.24) is 19.9 Å². The number of aromatic nitrogens is 4. The molecule has 0 saturated heterocycles. The predicted molar refractivity (Wildman–Crippen MR) is 81.9 cm³/mol. The van der Waals surface area contributed by atoms with Crippen molar-refractivity contribution in [2.45, 2.75) is 6.42 Å². The second-order valence-electron chi connectivity index (χ2n) is 4.87. The van der Waals surface area contributed by atoms with Crippen LogP contribution < -0.4 is 0 Å². The van der Waals surface area contributed by atoms with E-state index in [1.54, 1.807) is 0 Å². The molecule has 0 atom stereocenters. The maximum absolute atomic E-state index is 4.56. The fourth-order valence-corrected chi connectivity index (χ4v) is 2.33. The summed E-state index contributed by atoms with van der Waals surface area (Å²) in [5.41, 5.74) is 1.89. The molecule has 0 aliphatic carbocycles. The highest BCUT2D eigenvalue weighted by Gasteiger charge is 2.05. The first kappa shape index (κ1) is 11.9. The molecule has 0 amide bonds. The Bertz CT molecular complexity index is 856. The Balaban J connectivity index is 1.71. The molecule has 2 aromatic carbocycles. The molecule has 0 radical (unpaired) electrons. The van der Waals surface area contributed by atoms with E-state index in [0.29, 0.717) is 6.42 Å². The molecular weight excluding hydrogens is 260 g/mol. The molecule has 4 aromatic rings. The lowest BCUT2D eigenvalue weighted by Gasteiger charge is -2.03. The van der Waals surface area contributed by atoms with Crippen LogP contribution in [0, 0.1) is 0 Å². The predicted octanol–water partition coefficient (Wildman–Crippen LogP) is 3.16. The van der Waals surface area contributed by atoms with E-state index in [1.807, 2.05) is 60.9 Å². The number of rotatable bonds is 2. The fraction of sp³-hybridized carbons (Fsp3) is 0.0588. The molecule has 0 saturated carbocycles. The maximum Gasteiger partial charge on any atom is 0.136 e. The van der Waals surface area contributed by atoms with Gasteiger partial charge in [-0.1, -0.05) is 36.4 Å². The molecule has 0 spiro atoms. The van der Waals surface area contributed by atoms with E-state index in [-0.39, 0.29) is 0 Å². The maximum atomic E-state index is 4.56. The Labute approximate surface area is 121 Å². The zero-order chi connectivity index (χ0) is 14.1. The number of para-hydroxylation sites is 2. The minimum Gasteiger partial charge on any atom is -0.240 e. The molecule has 2 aromatic heterocycles. The van der Waals surface area contributed by atoms with Crippen LogP contribution in [0.4, 0.5) is 0 Å². The molecule has 0 bridgehead atoms. The van der Waals surface area contributed by atoms with Gasteiger partial charge in [0, 0.05) is 23.2 Å². The van der Waals surface area contributed by atoms with E-state index in [2.05, 4.69) is 19.9 Å². The summed E-state index contributed by atoms with van der Waals surface area (Å²) >= 11 is 0. The molecule has 0 fully saturated rings.